The van der Waals surface area contributed by atoms with E-state index in [1.54, 1.807) is 7.11 Å². The van der Waals surface area contributed by atoms with Crippen molar-refractivity contribution in [1.29, 1.82) is 0 Å². The molecule has 0 aliphatic rings. The molecule has 0 saturated carbocycles. The quantitative estimate of drug-likeness (QED) is 0.783. The molecule has 0 saturated heterocycles. The number of aliphatic hydroxyl groups is 1. The van der Waals surface area contributed by atoms with Crippen molar-refractivity contribution in [2.24, 2.45) is 11.7 Å². The summed E-state index contributed by atoms with van der Waals surface area (Å²) in [5, 5.41) is 10.5. The molecule has 0 aromatic heterocycles. The molecule has 3 N–H and O–H groups in total. The van der Waals surface area contributed by atoms with Crippen LogP contribution in [0, 0.1) is 5.92 Å². The average Bonchev–Trinajstić information content (AvgIpc) is 2.41. The van der Waals surface area contributed by atoms with Gasteiger partial charge in [0.25, 0.3) is 0 Å². The van der Waals surface area contributed by atoms with Gasteiger partial charge in [0.2, 0.25) is 0 Å². The van der Waals surface area contributed by atoms with Gasteiger partial charge in [-0.2, -0.15) is 0 Å². The maximum Gasteiger partial charge on any atom is 0.119 e. The minimum Gasteiger partial charge on any atom is -0.497 e. The zero-order chi connectivity index (χ0) is 13.5. The minimum absolute atomic E-state index is 0.0231. The van der Waals surface area contributed by atoms with E-state index in [0.29, 0.717) is 12.5 Å². The molecule has 0 spiro atoms. The number of rotatable bonds is 7. The van der Waals surface area contributed by atoms with Crippen molar-refractivity contribution in [3.63, 3.8) is 0 Å². The molecule has 0 amide bonds. The van der Waals surface area contributed by atoms with Crippen LogP contribution in [0.25, 0.3) is 0 Å². The summed E-state index contributed by atoms with van der Waals surface area (Å²) in [7, 11) is 1.65. The molecule has 0 fully saturated rings. The van der Waals surface area contributed by atoms with Gasteiger partial charge < -0.3 is 15.6 Å². The lowest BCUT2D eigenvalue weighted by Gasteiger charge is -2.28. The first-order valence-electron chi connectivity index (χ1n) is 6.69. The summed E-state index contributed by atoms with van der Waals surface area (Å²) >= 11 is 0. The molecule has 102 valence electrons. The van der Waals surface area contributed by atoms with Crippen LogP contribution in [0.15, 0.2) is 24.3 Å². The van der Waals surface area contributed by atoms with Gasteiger partial charge in [0.15, 0.2) is 0 Å². The van der Waals surface area contributed by atoms with E-state index in [9.17, 15) is 5.11 Å². The smallest absolute Gasteiger partial charge is 0.119 e. The number of hydrogen-bond acceptors (Lipinski definition) is 3. The minimum atomic E-state index is -0.392. The largest absolute Gasteiger partial charge is 0.497 e. The molecule has 0 bridgehead atoms. The van der Waals surface area contributed by atoms with Crippen molar-refractivity contribution in [2.45, 2.75) is 38.7 Å². The third kappa shape index (κ3) is 3.47. The van der Waals surface area contributed by atoms with Crippen LogP contribution in [0.3, 0.4) is 0 Å². The Hall–Kier alpha value is -1.06. The van der Waals surface area contributed by atoms with Crippen molar-refractivity contribution in [3.8, 4) is 5.75 Å². The fourth-order valence-corrected chi connectivity index (χ4v) is 2.45. The Labute approximate surface area is 110 Å². The van der Waals surface area contributed by atoms with E-state index >= 15 is 0 Å². The number of methoxy groups -OCH3 is 1. The molecule has 0 aliphatic heterocycles. The lowest BCUT2D eigenvalue weighted by atomic mass is 9.83. The molecule has 18 heavy (non-hydrogen) atoms. The topological polar surface area (TPSA) is 55.5 Å². The summed E-state index contributed by atoms with van der Waals surface area (Å²) in [4.78, 5) is 0. The van der Waals surface area contributed by atoms with Gasteiger partial charge in [-0.25, -0.2) is 0 Å². The van der Waals surface area contributed by atoms with Crippen LogP contribution >= 0.6 is 0 Å². The Balaban J connectivity index is 2.93. The second-order valence-corrected chi connectivity index (χ2v) is 4.69. The molecule has 1 aromatic carbocycles. The third-order valence-corrected chi connectivity index (χ3v) is 3.72. The summed E-state index contributed by atoms with van der Waals surface area (Å²) in [5.74, 6) is 1.08. The van der Waals surface area contributed by atoms with E-state index < -0.39 is 6.10 Å². The summed E-state index contributed by atoms with van der Waals surface area (Å²) in [6.45, 7) is 4.66. The fraction of sp³-hybridized carbons (Fsp3) is 0.600. The van der Waals surface area contributed by atoms with Crippen molar-refractivity contribution in [3.05, 3.63) is 29.8 Å². The summed E-state index contributed by atoms with van der Waals surface area (Å²) in [5.41, 5.74) is 6.90. The SMILES string of the molecule is CCC(CC)C(O)C(CN)c1cccc(OC)c1. The summed E-state index contributed by atoms with van der Waals surface area (Å²) in [6.07, 6.45) is 1.55. The van der Waals surface area contributed by atoms with E-state index in [1.165, 1.54) is 0 Å². The lowest BCUT2D eigenvalue weighted by Crippen LogP contribution is -2.32. The van der Waals surface area contributed by atoms with E-state index in [0.717, 1.165) is 24.2 Å². The number of benzene rings is 1. The molecule has 0 heterocycles. The zero-order valence-corrected chi connectivity index (χ0v) is 11.6. The van der Waals surface area contributed by atoms with Gasteiger partial charge in [-0.05, 0) is 23.6 Å². The second kappa shape index (κ2) is 7.39. The molecule has 3 nitrogen and oxygen atoms in total. The average molecular weight is 251 g/mol. The molecular weight excluding hydrogens is 226 g/mol. The first kappa shape index (κ1) is 15.0. The van der Waals surface area contributed by atoms with E-state index in [1.807, 2.05) is 24.3 Å². The Bertz CT molecular complexity index is 350. The molecule has 0 aliphatic carbocycles. The molecule has 0 radical (unpaired) electrons. The highest BCUT2D eigenvalue weighted by atomic mass is 16.5. The standard InChI is InChI=1S/C15H25NO2/c1-4-11(5-2)15(17)14(10-16)12-7-6-8-13(9-12)18-3/h6-9,11,14-15,17H,4-5,10,16H2,1-3H3. The van der Waals surface area contributed by atoms with Gasteiger partial charge in [-0.3, -0.25) is 0 Å². The maximum atomic E-state index is 10.5. The molecule has 1 rings (SSSR count). The Morgan fingerprint density at radius 1 is 1.28 bits per heavy atom. The molecule has 3 heteroatoms. The molecule has 2 atom stereocenters. The van der Waals surface area contributed by atoms with Crippen LogP contribution in [-0.4, -0.2) is 24.9 Å². The van der Waals surface area contributed by atoms with E-state index in [-0.39, 0.29) is 5.92 Å². The summed E-state index contributed by atoms with van der Waals surface area (Å²) < 4.78 is 5.22. The molecule has 1 aromatic rings. The third-order valence-electron chi connectivity index (χ3n) is 3.72. The van der Waals surface area contributed by atoms with Crippen LogP contribution in [0.5, 0.6) is 5.75 Å². The monoisotopic (exact) mass is 251 g/mol. The Kier molecular flexibility index (Phi) is 6.16. The zero-order valence-electron chi connectivity index (χ0n) is 11.6. The van der Waals surface area contributed by atoms with E-state index in [2.05, 4.69) is 13.8 Å². The first-order valence-corrected chi connectivity index (χ1v) is 6.69. The van der Waals surface area contributed by atoms with Crippen LogP contribution in [0.4, 0.5) is 0 Å². The number of aliphatic hydroxyl groups excluding tert-OH is 1. The number of ether oxygens (including phenoxy) is 1. The highest BCUT2D eigenvalue weighted by molar-refractivity contribution is 5.31. The normalized spacial score (nSPS) is 14.6. The van der Waals surface area contributed by atoms with Gasteiger partial charge in [-0.15, -0.1) is 0 Å². The Morgan fingerprint density at radius 3 is 2.44 bits per heavy atom. The van der Waals surface area contributed by atoms with Crippen LogP contribution in [0.1, 0.15) is 38.2 Å². The predicted octanol–water partition coefficient (Wildman–Crippen LogP) is 2.53. The van der Waals surface area contributed by atoms with Gasteiger partial charge in [0.1, 0.15) is 5.75 Å². The van der Waals surface area contributed by atoms with Crippen molar-refractivity contribution >= 4 is 0 Å². The predicted molar refractivity (Wildman–Crippen MR) is 74.9 cm³/mol. The van der Waals surface area contributed by atoms with Gasteiger partial charge in [-0.1, -0.05) is 38.8 Å². The highest BCUT2D eigenvalue weighted by Gasteiger charge is 2.26. The first-order chi connectivity index (χ1) is 8.67. The van der Waals surface area contributed by atoms with Crippen molar-refractivity contribution in [1.82, 2.24) is 0 Å². The van der Waals surface area contributed by atoms with Gasteiger partial charge in [0.05, 0.1) is 13.2 Å². The number of hydrogen-bond donors (Lipinski definition) is 2. The van der Waals surface area contributed by atoms with E-state index in [4.69, 9.17) is 10.5 Å². The molecular formula is C15H25NO2. The maximum absolute atomic E-state index is 10.5. The van der Waals surface area contributed by atoms with Crippen molar-refractivity contribution in [2.75, 3.05) is 13.7 Å². The summed E-state index contributed by atoms with van der Waals surface area (Å²) in [6, 6.07) is 7.81. The van der Waals surface area contributed by atoms with Gasteiger partial charge in [0, 0.05) is 12.5 Å². The van der Waals surface area contributed by atoms with Crippen LogP contribution in [-0.2, 0) is 0 Å². The number of nitrogens with two attached hydrogens (primary N) is 1. The Morgan fingerprint density at radius 2 is 1.94 bits per heavy atom. The highest BCUT2D eigenvalue weighted by Crippen LogP contribution is 2.29. The second-order valence-electron chi connectivity index (χ2n) is 4.69. The molecule has 2 unspecified atom stereocenters. The lowest BCUT2D eigenvalue weighted by molar-refractivity contribution is 0.0779. The van der Waals surface area contributed by atoms with Crippen LogP contribution < -0.4 is 10.5 Å². The fourth-order valence-electron chi connectivity index (χ4n) is 2.45. The van der Waals surface area contributed by atoms with Gasteiger partial charge >= 0.3 is 0 Å². The van der Waals surface area contributed by atoms with Crippen LogP contribution in [0.2, 0.25) is 0 Å². The van der Waals surface area contributed by atoms with Crippen molar-refractivity contribution < 1.29 is 9.84 Å².